The van der Waals surface area contributed by atoms with Gasteiger partial charge >= 0.3 is 5.97 Å². The lowest BCUT2D eigenvalue weighted by Gasteiger charge is -2.19. The number of nitrogens with zero attached hydrogens (tertiary/aromatic N) is 1. The fourth-order valence-electron chi connectivity index (χ4n) is 2.02. The highest BCUT2D eigenvalue weighted by molar-refractivity contribution is 7.12. The summed E-state index contributed by atoms with van der Waals surface area (Å²) < 4.78 is 4.67. The van der Waals surface area contributed by atoms with E-state index in [-0.39, 0.29) is 5.97 Å². The molecule has 1 aromatic rings. The summed E-state index contributed by atoms with van der Waals surface area (Å²) in [5.74, 6) is -0.176. The van der Waals surface area contributed by atoms with Crippen LogP contribution < -0.4 is 5.32 Å². The van der Waals surface area contributed by atoms with Crippen LogP contribution >= 0.6 is 11.3 Å². The van der Waals surface area contributed by atoms with Crippen LogP contribution in [-0.4, -0.2) is 44.2 Å². The number of hydrogen-bond acceptors (Lipinski definition) is 5. The zero-order valence-electron chi connectivity index (χ0n) is 12.8. The van der Waals surface area contributed by atoms with Gasteiger partial charge in [0.1, 0.15) is 0 Å². The molecule has 0 aromatic carbocycles. The number of hydrogen-bond donors (Lipinski definition) is 1. The molecule has 0 atom stereocenters. The number of carbonyl (C=O) groups is 1. The van der Waals surface area contributed by atoms with Crippen molar-refractivity contribution in [2.75, 3.05) is 33.3 Å². The van der Waals surface area contributed by atoms with Crippen molar-refractivity contribution in [1.29, 1.82) is 0 Å². The molecule has 5 heteroatoms. The largest absolute Gasteiger partial charge is 0.469 e. The highest BCUT2D eigenvalue weighted by atomic mass is 32.1. The summed E-state index contributed by atoms with van der Waals surface area (Å²) >= 11 is 1.67. The number of esters is 1. The van der Waals surface area contributed by atoms with E-state index >= 15 is 0 Å². The fraction of sp³-hybridized carbons (Fsp3) is 0.667. The summed E-state index contributed by atoms with van der Waals surface area (Å²) in [6.45, 7) is 9.65. The average Bonchev–Trinajstić information content (AvgIpc) is 2.89. The average molecular weight is 298 g/mol. The van der Waals surface area contributed by atoms with Crippen LogP contribution in [0.3, 0.4) is 0 Å². The van der Waals surface area contributed by atoms with E-state index in [1.165, 1.54) is 25.0 Å². The number of rotatable bonds is 10. The number of nitrogens with one attached hydrogen (secondary N) is 1. The molecule has 0 aliphatic heterocycles. The lowest BCUT2D eigenvalue weighted by Crippen LogP contribution is -2.32. The van der Waals surface area contributed by atoms with E-state index in [1.54, 1.807) is 11.3 Å². The van der Waals surface area contributed by atoms with Gasteiger partial charge in [0.2, 0.25) is 0 Å². The van der Waals surface area contributed by atoms with Crippen LogP contribution in [0.25, 0.3) is 0 Å². The van der Waals surface area contributed by atoms with Gasteiger partial charge in [-0.3, -0.25) is 4.79 Å². The van der Waals surface area contributed by atoms with E-state index in [0.29, 0.717) is 6.42 Å². The van der Waals surface area contributed by atoms with Crippen molar-refractivity contribution in [3.8, 4) is 0 Å². The molecule has 0 spiro atoms. The molecule has 0 saturated carbocycles. The minimum Gasteiger partial charge on any atom is -0.469 e. The van der Waals surface area contributed by atoms with Crippen LogP contribution in [0.2, 0.25) is 0 Å². The van der Waals surface area contributed by atoms with Crippen LogP contribution in [0.1, 0.15) is 30.0 Å². The van der Waals surface area contributed by atoms with Gasteiger partial charge in [0.25, 0.3) is 0 Å². The van der Waals surface area contributed by atoms with Gasteiger partial charge in [-0.15, -0.1) is 11.3 Å². The van der Waals surface area contributed by atoms with E-state index in [0.717, 1.165) is 31.1 Å². The van der Waals surface area contributed by atoms with Gasteiger partial charge in [-0.05, 0) is 31.6 Å². The SMILES string of the molecule is CCCN(CC)CCNCc1ccc(CC(=O)OC)s1. The van der Waals surface area contributed by atoms with E-state index in [2.05, 4.69) is 34.9 Å². The van der Waals surface area contributed by atoms with Crippen molar-refractivity contribution in [3.05, 3.63) is 21.9 Å². The Bertz CT molecular complexity index is 393. The molecule has 20 heavy (non-hydrogen) atoms. The van der Waals surface area contributed by atoms with Crippen LogP contribution in [-0.2, 0) is 22.5 Å². The summed E-state index contributed by atoms with van der Waals surface area (Å²) in [5.41, 5.74) is 0. The zero-order chi connectivity index (χ0) is 14.8. The van der Waals surface area contributed by atoms with Crippen molar-refractivity contribution >= 4 is 17.3 Å². The first-order chi connectivity index (χ1) is 9.69. The molecule has 4 nitrogen and oxygen atoms in total. The Morgan fingerprint density at radius 2 is 2.05 bits per heavy atom. The first-order valence-corrected chi connectivity index (χ1v) is 8.08. The zero-order valence-corrected chi connectivity index (χ0v) is 13.6. The van der Waals surface area contributed by atoms with Crippen LogP contribution in [0.4, 0.5) is 0 Å². The maximum atomic E-state index is 11.2. The summed E-state index contributed by atoms with van der Waals surface area (Å²) in [7, 11) is 1.42. The number of ether oxygens (including phenoxy) is 1. The van der Waals surface area contributed by atoms with Gasteiger partial charge in [0.05, 0.1) is 13.5 Å². The molecule has 0 amide bonds. The Balaban J connectivity index is 2.23. The molecule has 114 valence electrons. The highest BCUT2D eigenvalue weighted by Gasteiger charge is 2.06. The second kappa shape index (κ2) is 9.91. The van der Waals surface area contributed by atoms with Gasteiger partial charge < -0.3 is 15.0 Å². The molecule has 1 rings (SSSR count). The predicted octanol–water partition coefficient (Wildman–Crippen LogP) is 2.29. The molecule has 0 fully saturated rings. The molecule has 1 aromatic heterocycles. The lowest BCUT2D eigenvalue weighted by molar-refractivity contribution is -0.139. The third-order valence-corrected chi connectivity index (χ3v) is 4.24. The van der Waals surface area contributed by atoms with Crippen molar-refractivity contribution < 1.29 is 9.53 Å². The Kier molecular flexibility index (Phi) is 8.49. The first kappa shape index (κ1) is 17.1. The maximum absolute atomic E-state index is 11.2. The molecule has 0 aliphatic carbocycles. The minimum absolute atomic E-state index is 0.176. The maximum Gasteiger partial charge on any atom is 0.310 e. The van der Waals surface area contributed by atoms with Crippen LogP contribution in [0.15, 0.2) is 12.1 Å². The van der Waals surface area contributed by atoms with Crippen molar-refractivity contribution in [3.63, 3.8) is 0 Å². The second-order valence-electron chi connectivity index (χ2n) is 4.73. The number of thiophene rings is 1. The van der Waals surface area contributed by atoms with Crippen LogP contribution in [0, 0.1) is 0 Å². The monoisotopic (exact) mass is 298 g/mol. The third kappa shape index (κ3) is 6.50. The minimum atomic E-state index is -0.176. The Morgan fingerprint density at radius 3 is 2.70 bits per heavy atom. The summed E-state index contributed by atoms with van der Waals surface area (Å²) in [6.07, 6.45) is 1.58. The molecule has 0 radical (unpaired) electrons. The predicted molar refractivity (Wildman–Crippen MR) is 84.2 cm³/mol. The molecule has 0 saturated heterocycles. The highest BCUT2D eigenvalue weighted by Crippen LogP contribution is 2.17. The molecule has 0 unspecified atom stereocenters. The second-order valence-corrected chi connectivity index (χ2v) is 5.98. The summed E-state index contributed by atoms with van der Waals surface area (Å²) in [4.78, 5) is 16.0. The van der Waals surface area contributed by atoms with Gasteiger partial charge in [0.15, 0.2) is 0 Å². The van der Waals surface area contributed by atoms with Gasteiger partial charge in [-0.1, -0.05) is 13.8 Å². The first-order valence-electron chi connectivity index (χ1n) is 7.27. The van der Waals surface area contributed by atoms with E-state index in [1.807, 2.05) is 6.07 Å². The Morgan fingerprint density at radius 1 is 1.30 bits per heavy atom. The van der Waals surface area contributed by atoms with E-state index in [4.69, 9.17) is 0 Å². The van der Waals surface area contributed by atoms with Crippen LogP contribution in [0.5, 0.6) is 0 Å². The van der Waals surface area contributed by atoms with Crippen molar-refractivity contribution in [2.24, 2.45) is 0 Å². The molecule has 1 heterocycles. The smallest absolute Gasteiger partial charge is 0.310 e. The molecule has 0 aliphatic rings. The van der Waals surface area contributed by atoms with E-state index < -0.39 is 0 Å². The number of carbonyl (C=O) groups excluding carboxylic acids is 1. The summed E-state index contributed by atoms with van der Waals surface area (Å²) in [5, 5.41) is 3.46. The molecular formula is C15H26N2O2S. The number of likely N-dealkylation sites (N-methyl/N-ethyl adjacent to an activating group) is 1. The van der Waals surface area contributed by atoms with Gasteiger partial charge in [-0.2, -0.15) is 0 Å². The molecule has 0 bridgehead atoms. The Hall–Kier alpha value is -0.910. The van der Waals surface area contributed by atoms with Gasteiger partial charge in [-0.25, -0.2) is 0 Å². The standard InChI is InChI=1S/C15H26N2O2S/c1-4-9-17(5-2)10-8-16-12-14-7-6-13(20-14)11-15(18)19-3/h6-7,16H,4-5,8-12H2,1-3H3. The topological polar surface area (TPSA) is 41.6 Å². The lowest BCUT2D eigenvalue weighted by atomic mass is 10.3. The quantitative estimate of drug-likeness (QED) is 0.531. The summed E-state index contributed by atoms with van der Waals surface area (Å²) in [6, 6.07) is 4.09. The van der Waals surface area contributed by atoms with Crippen molar-refractivity contribution in [1.82, 2.24) is 10.2 Å². The Labute approximate surface area is 126 Å². The van der Waals surface area contributed by atoms with Gasteiger partial charge in [0, 0.05) is 29.4 Å². The third-order valence-electron chi connectivity index (χ3n) is 3.15. The number of methoxy groups -OCH3 is 1. The van der Waals surface area contributed by atoms with Crippen molar-refractivity contribution in [2.45, 2.75) is 33.2 Å². The fourth-order valence-corrected chi connectivity index (χ4v) is 2.99. The van der Waals surface area contributed by atoms with E-state index in [9.17, 15) is 4.79 Å². The molecule has 1 N–H and O–H groups in total. The normalized spacial score (nSPS) is 11.0. The molecular weight excluding hydrogens is 272 g/mol.